The first kappa shape index (κ1) is 23.6. The molecule has 3 aromatic rings. The molecular formula is C27H24N2O6. The van der Waals surface area contributed by atoms with Crippen molar-refractivity contribution in [3.63, 3.8) is 0 Å². The largest absolute Gasteiger partial charge is 0.506 e. The molecule has 2 atom stereocenters. The summed E-state index contributed by atoms with van der Waals surface area (Å²) in [6.07, 6.45) is -1.74. The third kappa shape index (κ3) is 5.71. The van der Waals surface area contributed by atoms with Crippen molar-refractivity contribution in [2.45, 2.75) is 25.4 Å². The Morgan fingerprint density at radius 1 is 1.17 bits per heavy atom. The number of ether oxygens (including phenoxy) is 3. The second-order valence-electron chi connectivity index (χ2n) is 8.16. The maximum absolute atomic E-state index is 12.6. The molecule has 1 heterocycles. The SMILES string of the molecule is C[C@H](CNC(=O)c1ccc(Oc2cc3c(cc2C#N)C(OC(=O)O)CCO3)cc1)c1ccccc1. The standard InChI is InChI=1S/C27H24N2O6/c1-17(18-5-3-2-4-6-18)16-29-26(30)19-7-9-21(10-8-19)34-24-14-25-22(13-20(24)15-28)23(11-12-33-25)35-27(31)32/h2-10,13-14,17,23H,11-12,16H2,1H3,(H,29,30)(H,31,32)/t17-,23?/m1/s1. The van der Waals surface area contributed by atoms with Gasteiger partial charge in [0, 0.05) is 30.2 Å². The predicted molar refractivity (Wildman–Crippen MR) is 127 cm³/mol. The Hall–Kier alpha value is -4.51. The van der Waals surface area contributed by atoms with E-state index in [2.05, 4.69) is 18.3 Å². The van der Waals surface area contributed by atoms with Crippen molar-refractivity contribution in [1.82, 2.24) is 5.32 Å². The summed E-state index contributed by atoms with van der Waals surface area (Å²) in [4.78, 5) is 23.5. The maximum atomic E-state index is 12.6. The monoisotopic (exact) mass is 472 g/mol. The van der Waals surface area contributed by atoms with Gasteiger partial charge in [-0.3, -0.25) is 4.79 Å². The zero-order valence-corrected chi connectivity index (χ0v) is 19.1. The number of nitriles is 1. The molecule has 1 aliphatic rings. The number of rotatable bonds is 7. The van der Waals surface area contributed by atoms with Crippen LogP contribution in [0.25, 0.3) is 0 Å². The summed E-state index contributed by atoms with van der Waals surface area (Å²) in [7, 11) is 0. The van der Waals surface area contributed by atoms with E-state index < -0.39 is 12.3 Å². The molecule has 0 saturated heterocycles. The van der Waals surface area contributed by atoms with Gasteiger partial charge in [0.05, 0.1) is 12.2 Å². The Kier molecular flexibility index (Phi) is 7.17. The van der Waals surface area contributed by atoms with E-state index in [9.17, 15) is 14.9 Å². The average Bonchev–Trinajstić information content (AvgIpc) is 2.87. The highest BCUT2D eigenvalue weighted by atomic mass is 16.7. The van der Waals surface area contributed by atoms with Gasteiger partial charge in [-0.1, -0.05) is 37.3 Å². The first-order chi connectivity index (χ1) is 16.9. The maximum Gasteiger partial charge on any atom is 0.506 e. The number of carbonyl (C=O) groups excluding carboxylic acids is 1. The second-order valence-corrected chi connectivity index (χ2v) is 8.16. The van der Waals surface area contributed by atoms with Crippen LogP contribution in [-0.2, 0) is 4.74 Å². The van der Waals surface area contributed by atoms with Gasteiger partial charge in [0.2, 0.25) is 0 Å². The summed E-state index contributed by atoms with van der Waals surface area (Å²) in [5.41, 5.74) is 2.34. The van der Waals surface area contributed by atoms with Crippen LogP contribution in [0.15, 0.2) is 66.7 Å². The Morgan fingerprint density at radius 3 is 2.60 bits per heavy atom. The molecule has 0 aliphatic carbocycles. The van der Waals surface area contributed by atoms with E-state index >= 15 is 0 Å². The van der Waals surface area contributed by atoms with E-state index in [4.69, 9.17) is 19.3 Å². The number of nitrogens with zero attached hydrogens (tertiary/aromatic N) is 1. The number of amides is 1. The van der Waals surface area contributed by atoms with Crippen molar-refractivity contribution in [2.24, 2.45) is 0 Å². The molecule has 1 amide bonds. The zero-order valence-electron chi connectivity index (χ0n) is 19.1. The van der Waals surface area contributed by atoms with Crippen molar-refractivity contribution in [1.29, 1.82) is 5.26 Å². The van der Waals surface area contributed by atoms with Gasteiger partial charge < -0.3 is 24.6 Å². The number of fused-ring (bicyclic) bond motifs is 1. The number of carbonyl (C=O) groups is 2. The molecule has 0 fully saturated rings. The van der Waals surface area contributed by atoms with Crippen molar-refractivity contribution >= 4 is 12.1 Å². The molecule has 8 nitrogen and oxygen atoms in total. The fraction of sp³-hybridized carbons (Fsp3) is 0.222. The first-order valence-electron chi connectivity index (χ1n) is 11.2. The quantitative estimate of drug-likeness (QED) is 0.442. The summed E-state index contributed by atoms with van der Waals surface area (Å²) in [5.74, 6) is 1.09. The van der Waals surface area contributed by atoms with Gasteiger partial charge in [-0.05, 0) is 41.8 Å². The summed E-state index contributed by atoms with van der Waals surface area (Å²) in [6, 6.07) is 21.7. The van der Waals surface area contributed by atoms with E-state index in [1.165, 1.54) is 6.07 Å². The van der Waals surface area contributed by atoms with Crippen molar-refractivity contribution in [3.8, 4) is 23.3 Å². The highest BCUT2D eigenvalue weighted by molar-refractivity contribution is 5.94. The van der Waals surface area contributed by atoms with E-state index in [1.54, 1.807) is 30.3 Å². The average molecular weight is 472 g/mol. The fourth-order valence-electron chi connectivity index (χ4n) is 3.85. The van der Waals surface area contributed by atoms with Crippen molar-refractivity contribution in [2.75, 3.05) is 13.2 Å². The molecule has 0 radical (unpaired) electrons. The number of hydrogen-bond acceptors (Lipinski definition) is 6. The van der Waals surface area contributed by atoms with Gasteiger partial charge in [0.1, 0.15) is 29.4 Å². The first-order valence-corrected chi connectivity index (χ1v) is 11.2. The van der Waals surface area contributed by atoms with Crippen molar-refractivity contribution in [3.05, 3.63) is 89.0 Å². The van der Waals surface area contributed by atoms with Gasteiger partial charge in [-0.25, -0.2) is 4.79 Å². The van der Waals surface area contributed by atoms with Gasteiger partial charge in [0.15, 0.2) is 0 Å². The lowest BCUT2D eigenvalue weighted by atomic mass is 10.00. The van der Waals surface area contributed by atoms with E-state index in [-0.39, 0.29) is 29.7 Å². The summed E-state index contributed by atoms with van der Waals surface area (Å²) >= 11 is 0. The van der Waals surface area contributed by atoms with Crippen LogP contribution < -0.4 is 14.8 Å². The summed E-state index contributed by atoms with van der Waals surface area (Å²) in [5, 5.41) is 21.5. The van der Waals surface area contributed by atoms with Crippen LogP contribution in [0.5, 0.6) is 17.2 Å². The third-order valence-corrected chi connectivity index (χ3v) is 5.74. The van der Waals surface area contributed by atoms with E-state index in [0.29, 0.717) is 35.6 Å². The number of hydrogen-bond donors (Lipinski definition) is 2. The molecule has 35 heavy (non-hydrogen) atoms. The number of nitrogens with one attached hydrogen (secondary N) is 1. The van der Waals surface area contributed by atoms with Crippen LogP contribution in [-0.4, -0.2) is 30.3 Å². The Morgan fingerprint density at radius 2 is 1.91 bits per heavy atom. The minimum Gasteiger partial charge on any atom is -0.493 e. The minimum atomic E-state index is -1.39. The fourth-order valence-corrected chi connectivity index (χ4v) is 3.85. The predicted octanol–water partition coefficient (Wildman–Crippen LogP) is 5.40. The highest BCUT2D eigenvalue weighted by Crippen LogP contribution is 2.40. The molecule has 8 heteroatoms. The smallest absolute Gasteiger partial charge is 0.493 e. The molecule has 178 valence electrons. The molecule has 1 aliphatic heterocycles. The highest BCUT2D eigenvalue weighted by Gasteiger charge is 2.27. The lowest BCUT2D eigenvalue weighted by molar-refractivity contribution is 0.0326. The van der Waals surface area contributed by atoms with Gasteiger partial charge in [-0.2, -0.15) is 5.26 Å². The molecule has 3 aromatic carbocycles. The number of carboxylic acid groups (broad SMARTS) is 1. The molecule has 1 unspecified atom stereocenters. The van der Waals surface area contributed by atoms with Crippen LogP contribution in [0, 0.1) is 11.3 Å². The van der Waals surface area contributed by atoms with Crippen LogP contribution in [0.2, 0.25) is 0 Å². The lowest BCUT2D eigenvalue weighted by Crippen LogP contribution is -2.27. The zero-order chi connectivity index (χ0) is 24.8. The normalized spacial score (nSPS) is 15.0. The van der Waals surface area contributed by atoms with Gasteiger partial charge in [-0.15, -0.1) is 0 Å². The molecule has 0 aromatic heterocycles. The van der Waals surface area contributed by atoms with E-state index in [0.717, 1.165) is 5.56 Å². The minimum absolute atomic E-state index is 0.180. The molecule has 0 bridgehead atoms. The van der Waals surface area contributed by atoms with Gasteiger partial charge >= 0.3 is 6.16 Å². The topological polar surface area (TPSA) is 118 Å². The molecular weight excluding hydrogens is 448 g/mol. The van der Waals surface area contributed by atoms with Crippen LogP contribution in [0.1, 0.15) is 52.4 Å². The second kappa shape index (κ2) is 10.6. The molecule has 2 N–H and O–H groups in total. The lowest BCUT2D eigenvalue weighted by Gasteiger charge is -2.25. The molecule has 0 spiro atoms. The Balaban J connectivity index is 1.43. The molecule has 4 rings (SSSR count). The van der Waals surface area contributed by atoms with Crippen molar-refractivity contribution < 1.29 is 28.9 Å². The Bertz CT molecular complexity index is 1250. The third-order valence-electron chi connectivity index (χ3n) is 5.74. The van der Waals surface area contributed by atoms with Crippen LogP contribution in [0.4, 0.5) is 4.79 Å². The summed E-state index contributed by atoms with van der Waals surface area (Å²) in [6.45, 7) is 2.84. The summed E-state index contributed by atoms with van der Waals surface area (Å²) < 4.78 is 16.4. The van der Waals surface area contributed by atoms with Crippen LogP contribution in [0.3, 0.4) is 0 Å². The molecule has 0 saturated carbocycles. The van der Waals surface area contributed by atoms with E-state index in [1.807, 2.05) is 30.3 Å². The number of benzene rings is 3. The Labute approximate surface area is 202 Å². The van der Waals surface area contributed by atoms with Crippen LogP contribution >= 0.6 is 0 Å². The van der Waals surface area contributed by atoms with Gasteiger partial charge in [0.25, 0.3) is 5.91 Å².